The predicted octanol–water partition coefficient (Wildman–Crippen LogP) is 3.14. The van der Waals surface area contributed by atoms with Gasteiger partial charge in [0.1, 0.15) is 34.5 Å². The Morgan fingerprint density at radius 2 is 1.66 bits per heavy atom. The molecule has 3 aliphatic rings. The molecule has 0 aliphatic carbocycles. The number of nitrogens with zero attached hydrogens (tertiary/aromatic N) is 5. The number of oxime groups is 1. The van der Waals surface area contributed by atoms with E-state index in [1.807, 2.05) is 6.92 Å². The van der Waals surface area contributed by atoms with Crippen molar-refractivity contribution >= 4 is 62.5 Å². The molecule has 3 aliphatic heterocycles. The van der Waals surface area contributed by atoms with Crippen molar-refractivity contribution in [3.63, 3.8) is 0 Å². The monoisotopic (exact) mass is 494 g/mol. The Balaban J connectivity index is 1.59. The lowest BCUT2D eigenvalue weighted by atomic mass is 10.0. The molecule has 0 radical (unpaired) electrons. The standard InChI is InChI=1S/C20H26N6O3S3/c1-11-13(14(27)21-5)23-15(29-11)18(2)8-31-17(25-18)20(4)10-32-16(26-20)19(3)9-30-12(24-19)7-22-28-6/h7H,8-10H2,1-6H3,(H,21,27)/b22-7-/t18-,19-,20-/m0/s1. The Hall–Kier alpha value is -1.79. The number of hydrogen-bond acceptors (Lipinski definition) is 11. The van der Waals surface area contributed by atoms with Crippen molar-refractivity contribution in [2.75, 3.05) is 31.4 Å². The van der Waals surface area contributed by atoms with Gasteiger partial charge >= 0.3 is 0 Å². The predicted molar refractivity (Wildman–Crippen MR) is 134 cm³/mol. The molecule has 0 fully saturated rings. The number of hydrogen-bond donors (Lipinski definition) is 1. The lowest BCUT2D eigenvalue weighted by molar-refractivity contribution is 0.0957. The van der Waals surface area contributed by atoms with Crippen LogP contribution in [0.15, 0.2) is 24.6 Å². The molecular formula is C20H26N6O3S3. The Morgan fingerprint density at radius 1 is 1.06 bits per heavy atom. The molecule has 0 saturated carbocycles. The average Bonchev–Trinajstić information content (AvgIpc) is 3.53. The molecule has 172 valence electrons. The van der Waals surface area contributed by atoms with Crippen molar-refractivity contribution in [1.82, 2.24) is 10.3 Å². The first-order chi connectivity index (χ1) is 15.1. The molecule has 0 aromatic carbocycles. The molecule has 0 unspecified atom stereocenters. The van der Waals surface area contributed by atoms with Gasteiger partial charge < -0.3 is 14.6 Å². The number of nitrogens with one attached hydrogen (secondary N) is 1. The molecule has 4 rings (SSSR count). The molecule has 0 spiro atoms. The van der Waals surface area contributed by atoms with Crippen LogP contribution >= 0.6 is 35.3 Å². The van der Waals surface area contributed by atoms with E-state index in [0.29, 0.717) is 23.1 Å². The first-order valence-corrected chi connectivity index (χ1v) is 13.0. The first kappa shape index (κ1) is 23.4. The van der Waals surface area contributed by atoms with E-state index in [4.69, 9.17) is 24.2 Å². The topological polar surface area (TPSA) is 114 Å². The van der Waals surface area contributed by atoms with Crippen molar-refractivity contribution in [3.05, 3.63) is 17.3 Å². The van der Waals surface area contributed by atoms with E-state index < -0.39 is 11.1 Å². The SMILES string of the molecule is CNC(=O)c1nc([C@]2(C)CSC([C@]3(C)CSC([C@]4(C)CSC(/C=N\OC)=N4)=N3)=N2)oc1C. The molecule has 32 heavy (non-hydrogen) atoms. The van der Waals surface area contributed by atoms with Gasteiger partial charge in [-0.3, -0.25) is 19.8 Å². The summed E-state index contributed by atoms with van der Waals surface area (Å²) in [5.74, 6) is 2.99. The Labute approximate surface area is 199 Å². The summed E-state index contributed by atoms with van der Waals surface area (Å²) >= 11 is 5.06. The summed E-state index contributed by atoms with van der Waals surface area (Å²) in [4.78, 5) is 36.2. The lowest BCUT2D eigenvalue weighted by Crippen LogP contribution is -2.33. The number of carbonyl (C=O) groups is 1. The normalized spacial score (nSPS) is 32.2. The van der Waals surface area contributed by atoms with Gasteiger partial charge in [-0.25, -0.2) is 4.98 Å². The summed E-state index contributed by atoms with van der Waals surface area (Å²) < 4.78 is 5.85. The fraction of sp³-hybridized carbons (Fsp3) is 0.600. The first-order valence-electron chi connectivity index (χ1n) is 10.1. The maximum absolute atomic E-state index is 12.0. The summed E-state index contributed by atoms with van der Waals surface area (Å²) in [6, 6.07) is 0. The van der Waals surface area contributed by atoms with Crippen molar-refractivity contribution in [2.24, 2.45) is 20.1 Å². The molecule has 0 saturated heterocycles. The number of aliphatic imine (C=N–C) groups is 3. The maximum Gasteiger partial charge on any atom is 0.273 e. The molecular weight excluding hydrogens is 468 g/mol. The average molecular weight is 495 g/mol. The maximum atomic E-state index is 12.0. The number of oxazole rings is 1. The summed E-state index contributed by atoms with van der Waals surface area (Å²) in [6.45, 7) is 7.95. The van der Waals surface area contributed by atoms with Gasteiger partial charge in [0.15, 0.2) is 5.69 Å². The van der Waals surface area contributed by atoms with Crippen LogP contribution < -0.4 is 5.32 Å². The van der Waals surface area contributed by atoms with Crippen LogP contribution in [0.2, 0.25) is 0 Å². The van der Waals surface area contributed by atoms with E-state index in [0.717, 1.165) is 26.6 Å². The zero-order valence-electron chi connectivity index (χ0n) is 18.9. The van der Waals surface area contributed by atoms with Crippen LogP contribution in [-0.2, 0) is 10.4 Å². The highest BCUT2D eigenvalue weighted by Crippen LogP contribution is 2.45. The minimum absolute atomic E-state index is 0.262. The molecule has 1 N–H and O–H groups in total. The van der Waals surface area contributed by atoms with Crippen LogP contribution in [0.5, 0.6) is 0 Å². The number of rotatable bonds is 6. The van der Waals surface area contributed by atoms with Gasteiger partial charge in [0.25, 0.3) is 5.91 Å². The van der Waals surface area contributed by atoms with E-state index >= 15 is 0 Å². The largest absolute Gasteiger partial charge is 0.442 e. The molecule has 12 heteroatoms. The zero-order valence-corrected chi connectivity index (χ0v) is 21.3. The Kier molecular flexibility index (Phi) is 6.23. The Bertz CT molecular complexity index is 1070. The lowest BCUT2D eigenvalue weighted by Gasteiger charge is -2.20. The van der Waals surface area contributed by atoms with Crippen LogP contribution in [0.1, 0.15) is 42.9 Å². The number of thioether (sulfide) groups is 3. The van der Waals surface area contributed by atoms with Crippen LogP contribution in [0.4, 0.5) is 0 Å². The third-order valence-electron chi connectivity index (χ3n) is 5.42. The van der Waals surface area contributed by atoms with Crippen molar-refractivity contribution in [3.8, 4) is 0 Å². The van der Waals surface area contributed by atoms with E-state index in [9.17, 15) is 4.79 Å². The summed E-state index contributed by atoms with van der Waals surface area (Å²) in [6.07, 6.45) is 1.64. The van der Waals surface area contributed by atoms with Crippen LogP contribution in [0.25, 0.3) is 0 Å². The summed E-state index contributed by atoms with van der Waals surface area (Å²) in [5, 5.41) is 9.23. The molecule has 9 nitrogen and oxygen atoms in total. The smallest absolute Gasteiger partial charge is 0.273 e. The minimum atomic E-state index is -0.641. The second kappa shape index (κ2) is 8.53. The number of carbonyl (C=O) groups excluding carboxylic acids is 1. The second-order valence-corrected chi connectivity index (χ2v) is 11.3. The minimum Gasteiger partial charge on any atom is -0.442 e. The zero-order chi connectivity index (χ0) is 23.1. The Morgan fingerprint density at radius 3 is 2.31 bits per heavy atom. The van der Waals surface area contributed by atoms with Gasteiger partial charge in [0.2, 0.25) is 5.89 Å². The summed E-state index contributed by atoms with van der Waals surface area (Å²) in [7, 11) is 3.10. The molecule has 1 aromatic heterocycles. The van der Waals surface area contributed by atoms with Crippen molar-refractivity contribution < 1.29 is 14.0 Å². The van der Waals surface area contributed by atoms with Crippen molar-refractivity contribution in [1.29, 1.82) is 0 Å². The second-order valence-electron chi connectivity index (χ2n) is 8.39. The third kappa shape index (κ3) is 4.12. The number of aromatic nitrogens is 1. The fourth-order valence-electron chi connectivity index (χ4n) is 3.52. The van der Waals surface area contributed by atoms with Gasteiger partial charge in [-0.05, 0) is 27.7 Å². The number of aryl methyl sites for hydroxylation is 1. The van der Waals surface area contributed by atoms with Gasteiger partial charge in [-0.15, -0.1) is 35.3 Å². The molecule has 1 aromatic rings. The highest BCUT2D eigenvalue weighted by molar-refractivity contribution is 8.17. The molecule has 4 heterocycles. The van der Waals surface area contributed by atoms with Gasteiger partial charge in [-0.2, -0.15) is 0 Å². The van der Waals surface area contributed by atoms with E-state index in [2.05, 4.69) is 29.3 Å². The third-order valence-corrected chi connectivity index (χ3v) is 9.64. The quantitative estimate of drug-likeness (QED) is 0.477. The van der Waals surface area contributed by atoms with Gasteiger partial charge in [-0.1, -0.05) is 5.16 Å². The van der Waals surface area contributed by atoms with E-state index in [1.54, 1.807) is 55.5 Å². The molecule has 1 amide bonds. The molecule has 0 bridgehead atoms. The van der Waals surface area contributed by atoms with Crippen LogP contribution in [-0.4, -0.2) is 74.7 Å². The van der Waals surface area contributed by atoms with Crippen LogP contribution in [0.3, 0.4) is 0 Å². The number of amides is 1. The highest BCUT2D eigenvalue weighted by Gasteiger charge is 2.48. The van der Waals surface area contributed by atoms with Gasteiger partial charge in [0.05, 0.1) is 16.3 Å². The van der Waals surface area contributed by atoms with Crippen molar-refractivity contribution in [2.45, 2.75) is 44.3 Å². The fourth-order valence-corrected chi connectivity index (χ4v) is 7.33. The van der Waals surface area contributed by atoms with E-state index in [-0.39, 0.29) is 11.4 Å². The molecule has 3 atom stereocenters. The van der Waals surface area contributed by atoms with Crippen LogP contribution in [0, 0.1) is 6.92 Å². The van der Waals surface area contributed by atoms with Gasteiger partial charge in [0, 0.05) is 24.3 Å². The highest BCUT2D eigenvalue weighted by atomic mass is 32.2. The van der Waals surface area contributed by atoms with E-state index in [1.165, 1.54) is 7.11 Å². The summed E-state index contributed by atoms with van der Waals surface area (Å²) in [5.41, 5.74) is -1.15.